The van der Waals surface area contributed by atoms with Crippen molar-refractivity contribution in [1.29, 1.82) is 0 Å². The van der Waals surface area contributed by atoms with Crippen LogP contribution in [0.4, 0.5) is 11.4 Å². The average Bonchev–Trinajstić information content (AvgIpc) is 2.96. The van der Waals surface area contributed by atoms with Crippen molar-refractivity contribution in [3.63, 3.8) is 0 Å². The molecule has 0 saturated heterocycles. The van der Waals surface area contributed by atoms with Gasteiger partial charge in [0.1, 0.15) is 5.82 Å². The molecule has 5 nitrogen and oxygen atoms in total. The zero-order valence-corrected chi connectivity index (χ0v) is 11.1. The van der Waals surface area contributed by atoms with E-state index in [-0.39, 0.29) is 6.61 Å². The van der Waals surface area contributed by atoms with Crippen molar-refractivity contribution in [2.45, 2.75) is 13.5 Å². The first kappa shape index (κ1) is 13.4. The number of imidazole rings is 1. The number of rotatable bonds is 7. The first-order valence-electron chi connectivity index (χ1n) is 6.51. The van der Waals surface area contributed by atoms with Crippen molar-refractivity contribution in [3.05, 3.63) is 42.5 Å². The number of aromatic nitrogens is 2. The van der Waals surface area contributed by atoms with Crippen molar-refractivity contribution in [2.24, 2.45) is 0 Å². The maximum Gasteiger partial charge on any atom is 0.125 e. The second-order valence-electron chi connectivity index (χ2n) is 4.24. The summed E-state index contributed by atoms with van der Waals surface area (Å²) in [5.41, 5.74) is 2.18. The monoisotopic (exact) mass is 260 g/mol. The lowest BCUT2D eigenvalue weighted by Gasteiger charge is -2.22. The third-order valence-corrected chi connectivity index (χ3v) is 3.00. The molecule has 0 spiro atoms. The first-order valence-corrected chi connectivity index (χ1v) is 6.51. The number of anilines is 2. The average molecular weight is 260 g/mol. The molecule has 5 heteroatoms. The Balaban J connectivity index is 1.93. The van der Waals surface area contributed by atoms with Gasteiger partial charge in [-0.3, -0.25) is 0 Å². The number of nitrogens with one attached hydrogen (secondary N) is 2. The molecule has 0 amide bonds. The van der Waals surface area contributed by atoms with Crippen molar-refractivity contribution in [2.75, 3.05) is 29.9 Å². The molecule has 0 aliphatic heterocycles. The Hall–Kier alpha value is -2.01. The normalized spacial score (nSPS) is 10.4. The van der Waals surface area contributed by atoms with Crippen LogP contribution in [0.25, 0.3) is 0 Å². The molecule has 0 aliphatic rings. The topological polar surface area (TPSA) is 64.2 Å². The van der Waals surface area contributed by atoms with Crippen molar-refractivity contribution in [1.82, 2.24) is 9.97 Å². The van der Waals surface area contributed by atoms with E-state index in [0.29, 0.717) is 13.1 Å². The van der Waals surface area contributed by atoms with Gasteiger partial charge in [-0.1, -0.05) is 0 Å². The predicted molar refractivity (Wildman–Crippen MR) is 77.3 cm³/mol. The number of H-pyrrole nitrogens is 1. The number of benzene rings is 1. The van der Waals surface area contributed by atoms with E-state index >= 15 is 0 Å². The minimum atomic E-state index is 0.173. The van der Waals surface area contributed by atoms with Gasteiger partial charge in [-0.2, -0.15) is 0 Å². The summed E-state index contributed by atoms with van der Waals surface area (Å²) in [7, 11) is 0. The minimum Gasteiger partial charge on any atom is -0.395 e. The van der Waals surface area contributed by atoms with E-state index in [1.807, 2.05) is 18.3 Å². The smallest absolute Gasteiger partial charge is 0.125 e. The number of likely N-dealkylation sites (N-methyl/N-ethyl adjacent to an activating group) is 1. The summed E-state index contributed by atoms with van der Waals surface area (Å²) in [5.74, 6) is 0.916. The molecule has 0 saturated carbocycles. The molecule has 19 heavy (non-hydrogen) atoms. The summed E-state index contributed by atoms with van der Waals surface area (Å²) in [4.78, 5) is 9.35. The zero-order valence-electron chi connectivity index (χ0n) is 11.1. The van der Waals surface area contributed by atoms with E-state index in [2.05, 4.69) is 39.2 Å². The Morgan fingerprint density at radius 2 is 2.11 bits per heavy atom. The van der Waals surface area contributed by atoms with E-state index in [4.69, 9.17) is 5.11 Å². The molecule has 0 atom stereocenters. The third-order valence-electron chi connectivity index (χ3n) is 3.00. The molecule has 2 rings (SSSR count). The zero-order chi connectivity index (χ0) is 13.5. The standard InChI is InChI=1S/C14H20N4O/c1-2-18(9-10-19)13-5-3-12(4-6-13)17-11-14-15-7-8-16-14/h3-8,17,19H,2,9-11H2,1H3,(H,15,16). The van der Waals surface area contributed by atoms with Crippen LogP contribution < -0.4 is 10.2 Å². The molecule has 0 bridgehead atoms. The summed E-state index contributed by atoms with van der Waals surface area (Å²) >= 11 is 0. The predicted octanol–water partition coefficient (Wildman–Crippen LogP) is 1.84. The summed E-state index contributed by atoms with van der Waals surface area (Å²) in [5, 5.41) is 12.3. The molecule has 3 N–H and O–H groups in total. The molecular weight excluding hydrogens is 240 g/mol. The fraction of sp³-hybridized carbons (Fsp3) is 0.357. The Morgan fingerprint density at radius 1 is 1.32 bits per heavy atom. The summed E-state index contributed by atoms with van der Waals surface area (Å²) in [6.45, 7) is 4.49. The number of aliphatic hydroxyl groups is 1. The molecule has 2 aromatic rings. The highest BCUT2D eigenvalue weighted by molar-refractivity contribution is 5.55. The molecule has 0 radical (unpaired) electrons. The first-order chi connectivity index (χ1) is 9.33. The second-order valence-corrected chi connectivity index (χ2v) is 4.24. The Bertz CT molecular complexity index is 467. The fourth-order valence-electron chi connectivity index (χ4n) is 1.96. The highest BCUT2D eigenvalue weighted by atomic mass is 16.3. The highest BCUT2D eigenvalue weighted by Gasteiger charge is 2.03. The SMILES string of the molecule is CCN(CCO)c1ccc(NCc2ncc[nH]2)cc1. The number of hydrogen-bond acceptors (Lipinski definition) is 4. The lowest BCUT2D eigenvalue weighted by atomic mass is 10.2. The van der Waals surface area contributed by atoms with E-state index in [0.717, 1.165) is 23.7 Å². The van der Waals surface area contributed by atoms with E-state index in [9.17, 15) is 0 Å². The molecule has 0 aliphatic carbocycles. The van der Waals surface area contributed by atoms with Gasteiger partial charge >= 0.3 is 0 Å². The maximum absolute atomic E-state index is 9.01. The fourth-order valence-corrected chi connectivity index (χ4v) is 1.96. The van der Waals surface area contributed by atoms with Crippen LogP contribution in [0.2, 0.25) is 0 Å². The Labute approximate surface area is 113 Å². The van der Waals surface area contributed by atoms with Gasteiger partial charge in [0.2, 0.25) is 0 Å². The Morgan fingerprint density at radius 3 is 2.68 bits per heavy atom. The molecule has 0 unspecified atom stereocenters. The highest BCUT2D eigenvalue weighted by Crippen LogP contribution is 2.17. The van der Waals surface area contributed by atoms with E-state index in [1.54, 1.807) is 6.20 Å². The minimum absolute atomic E-state index is 0.173. The van der Waals surface area contributed by atoms with Gasteiger partial charge in [-0.05, 0) is 31.2 Å². The molecule has 1 aromatic heterocycles. The van der Waals surface area contributed by atoms with Gasteiger partial charge in [-0.25, -0.2) is 4.98 Å². The number of aromatic amines is 1. The molecular formula is C14H20N4O. The lowest BCUT2D eigenvalue weighted by molar-refractivity contribution is 0.302. The van der Waals surface area contributed by atoms with Gasteiger partial charge in [0.05, 0.1) is 13.2 Å². The molecule has 102 valence electrons. The van der Waals surface area contributed by atoms with Crippen LogP contribution in [0.1, 0.15) is 12.7 Å². The van der Waals surface area contributed by atoms with Crippen LogP contribution in [0.5, 0.6) is 0 Å². The molecule has 0 fully saturated rings. The van der Waals surface area contributed by atoms with Crippen molar-refractivity contribution >= 4 is 11.4 Å². The van der Waals surface area contributed by atoms with Gasteiger partial charge in [0.25, 0.3) is 0 Å². The van der Waals surface area contributed by atoms with Gasteiger partial charge in [-0.15, -0.1) is 0 Å². The quantitative estimate of drug-likeness (QED) is 0.711. The number of hydrogen-bond donors (Lipinski definition) is 3. The van der Waals surface area contributed by atoms with E-state index < -0.39 is 0 Å². The number of aliphatic hydroxyl groups excluding tert-OH is 1. The van der Waals surface area contributed by atoms with Crippen LogP contribution in [0, 0.1) is 0 Å². The van der Waals surface area contributed by atoms with Crippen LogP contribution in [0.15, 0.2) is 36.7 Å². The summed E-state index contributed by atoms with van der Waals surface area (Å²) in [6, 6.07) is 8.20. The van der Waals surface area contributed by atoms with Gasteiger partial charge in [0, 0.05) is 36.9 Å². The van der Waals surface area contributed by atoms with Gasteiger partial charge in [0.15, 0.2) is 0 Å². The Kier molecular flexibility index (Phi) is 4.80. The van der Waals surface area contributed by atoms with E-state index in [1.165, 1.54) is 0 Å². The van der Waals surface area contributed by atoms with Crippen LogP contribution >= 0.6 is 0 Å². The van der Waals surface area contributed by atoms with Crippen molar-refractivity contribution < 1.29 is 5.11 Å². The second kappa shape index (κ2) is 6.80. The van der Waals surface area contributed by atoms with Crippen LogP contribution in [-0.2, 0) is 6.54 Å². The summed E-state index contributed by atoms with van der Waals surface area (Å²) < 4.78 is 0. The van der Waals surface area contributed by atoms with Gasteiger partial charge < -0.3 is 20.3 Å². The van der Waals surface area contributed by atoms with Crippen molar-refractivity contribution in [3.8, 4) is 0 Å². The lowest BCUT2D eigenvalue weighted by Crippen LogP contribution is -2.25. The maximum atomic E-state index is 9.01. The largest absolute Gasteiger partial charge is 0.395 e. The molecule has 1 aromatic carbocycles. The summed E-state index contributed by atoms with van der Waals surface area (Å²) in [6.07, 6.45) is 3.56. The van der Waals surface area contributed by atoms with Crippen LogP contribution in [-0.4, -0.2) is 34.8 Å². The third kappa shape index (κ3) is 3.72. The molecule has 1 heterocycles. The van der Waals surface area contributed by atoms with Crippen LogP contribution in [0.3, 0.4) is 0 Å². The number of nitrogens with zero attached hydrogens (tertiary/aromatic N) is 2.